The molecule has 0 aliphatic rings. The number of pyridine rings is 1. The lowest BCUT2D eigenvalue weighted by Crippen LogP contribution is -2.29. The third kappa shape index (κ3) is 1.26. The summed E-state index contributed by atoms with van der Waals surface area (Å²) in [4.78, 5) is 9.36. The van der Waals surface area contributed by atoms with Crippen molar-refractivity contribution in [3.05, 3.63) is 33.3 Å². The zero-order chi connectivity index (χ0) is 9.30. The van der Waals surface area contributed by atoms with Gasteiger partial charge in [0.05, 0.1) is 11.0 Å². The van der Waals surface area contributed by atoms with Crippen LogP contribution in [0.25, 0.3) is 0 Å². The fourth-order valence-electron chi connectivity index (χ4n) is 0.755. The molecule has 1 rings (SSSR count). The number of hydrogen-bond donors (Lipinski definition) is 1. The molecule has 0 atom stereocenters. The molecule has 1 aromatic heterocycles. The van der Waals surface area contributed by atoms with E-state index in [0.29, 0.717) is 4.73 Å². The van der Waals surface area contributed by atoms with E-state index in [9.17, 15) is 15.3 Å². The fraction of sp³-hybridized carbons (Fsp3) is 0.167. The van der Waals surface area contributed by atoms with Gasteiger partial charge in [-0.3, -0.25) is 10.1 Å². The Labute approximate surface area is 67.4 Å². The van der Waals surface area contributed by atoms with Crippen LogP contribution >= 0.6 is 0 Å². The Hall–Kier alpha value is -1.85. The van der Waals surface area contributed by atoms with Crippen molar-refractivity contribution in [3.63, 3.8) is 0 Å². The minimum absolute atomic E-state index is 0.207. The largest absolute Gasteiger partial charge is 0.618 e. The van der Waals surface area contributed by atoms with Gasteiger partial charge in [0.15, 0.2) is 5.69 Å². The molecule has 0 unspecified atom stereocenters. The molecule has 0 aromatic carbocycles. The van der Waals surface area contributed by atoms with Crippen LogP contribution < -0.4 is 4.73 Å². The second-order valence-corrected chi connectivity index (χ2v) is 2.27. The first-order valence-corrected chi connectivity index (χ1v) is 3.09. The molecule has 0 bridgehead atoms. The highest BCUT2D eigenvalue weighted by Gasteiger charge is 2.18. The van der Waals surface area contributed by atoms with Crippen LogP contribution in [-0.4, -0.2) is 10.0 Å². The molecule has 64 valence electrons. The van der Waals surface area contributed by atoms with E-state index in [2.05, 4.69) is 0 Å². The predicted molar refractivity (Wildman–Crippen MR) is 38.5 cm³/mol. The number of hydrogen-bond acceptors (Lipinski definition) is 4. The van der Waals surface area contributed by atoms with Gasteiger partial charge in [-0.25, -0.2) is 0 Å². The van der Waals surface area contributed by atoms with Gasteiger partial charge in [-0.15, -0.1) is 0 Å². The maximum Gasteiger partial charge on any atom is 0.374 e. The monoisotopic (exact) mass is 170 g/mol. The van der Waals surface area contributed by atoms with Crippen molar-refractivity contribution >= 4 is 5.69 Å². The standard InChI is InChI=1S/C6H6N2O4/c1-4-2-6(9)5(8(11)12)3-7(4)10/h2-3,9H,1H3. The minimum atomic E-state index is -0.816. The maximum atomic E-state index is 10.8. The summed E-state index contributed by atoms with van der Waals surface area (Å²) in [6.45, 7) is 1.44. The molecule has 6 nitrogen and oxygen atoms in total. The smallest absolute Gasteiger partial charge is 0.374 e. The summed E-state index contributed by atoms with van der Waals surface area (Å²) in [5.41, 5.74) is -0.381. The van der Waals surface area contributed by atoms with Crippen LogP contribution in [0.2, 0.25) is 0 Å². The van der Waals surface area contributed by atoms with E-state index in [1.807, 2.05) is 0 Å². The molecule has 0 aliphatic carbocycles. The molecular weight excluding hydrogens is 164 g/mol. The molecular formula is C6H6N2O4. The lowest BCUT2D eigenvalue weighted by Gasteiger charge is -2.00. The van der Waals surface area contributed by atoms with Gasteiger partial charge in [0.2, 0.25) is 5.75 Å². The van der Waals surface area contributed by atoms with Gasteiger partial charge >= 0.3 is 5.69 Å². The van der Waals surface area contributed by atoms with E-state index in [1.54, 1.807) is 0 Å². The Morgan fingerprint density at radius 1 is 1.67 bits per heavy atom. The number of nitro groups is 1. The van der Waals surface area contributed by atoms with Crippen molar-refractivity contribution in [3.8, 4) is 5.75 Å². The van der Waals surface area contributed by atoms with Crippen molar-refractivity contribution in [1.29, 1.82) is 0 Å². The Balaban J connectivity index is 3.33. The maximum absolute atomic E-state index is 10.8. The molecule has 0 amide bonds. The summed E-state index contributed by atoms with van der Waals surface area (Å²) in [6.07, 6.45) is 0.727. The summed E-state index contributed by atoms with van der Waals surface area (Å²) in [6, 6.07) is 1.05. The topological polar surface area (TPSA) is 90.3 Å². The quantitative estimate of drug-likeness (QED) is 0.283. The highest BCUT2D eigenvalue weighted by Crippen LogP contribution is 2.22. The average molecular weight is 170 g/mol. The van der Waals surface area contributed by atoms with Crippen molar-refractivity contribution in [1.82, 2.24) is 0 Å². The molecule has 0 saturated carbocycles. The van der Waals surface area contributed by atoms with E-state index < -0.39 is 16.4 Å². The van der Waals surface area contributed by atoms with Crippen molar-refractivity contribution < 1.29 is 14.8 Å². The molecule has 0 saturated heterocycles. The average Bonchev–Trinajstić information content (AvgIpc) is 1.96. The lowest BCUT2D eigenvalue weighted by atomic mass is 10.3. The summed E-state index contributed by atoms with van der Waals surface area (Å²) in [5, 5.41) is 30.0. The van der Waals surface area contributed by atoms with Gasteiger partial charge in [-0.05, 0) is 0 Å². The molecule has 12 heavy (non-hydrogen) atoms. The minimum Gasteiger partial charge on any atom is -0.618 e. The van der Waals surface area contributed by atoms with E-state index >= 15 is 0 Å². The van der Waals surface area contributed by atoms with Crippen LogP contribution in [0, 0.1) is 22.2 Å². The van der Waals surface area contributed by atoms with Crippen LogP contribution in [0.1, 0.15) is 5.69 Å². The Kier molecular flexibility index (Phi) is 1.82. The first-order valence-electron chi connectivity index (χ1n) is 3.09. The predicted octanol–water partition coefficient (Wildman–Crippen LogP) is 0.242. The molecule has 0 radical (unpaired) electrons. The van der Waals surface area contributed by atoms with Gasteiger partial charge in [-0.2, -0.15) is 4.73 Å². The van der Waals surface area contributed by atoms with Gasteiger partial charge in [0, 0.05) is 6.92 Å². The molecule has 1 heterocycles. The molecule has 6 heteroatoms. The van der Waals surface area contributed by atoms with Crippen LogP contribution in [-0.2, 0) is 0 Å². The first-order chi connectivity index (χ1) is 5.52. The highest BCUT2D eigenvalue weighted by atomic mass is 16.6. The third-order valence-corrected chi connectivity index (χ3v) is 1.39. The second kappa shape index (κ2) is 2.65. The van der Waals surface area contributed by atoms with E-state index in [-0.39, 0.29) is 5.69 Å². The highest BCUT2D eigenvalue weighted by molar-refractivity contribution is 5.41. The summed E-state index contributed by atoms with van der Waals surface area (Å²) in [5.74, 6) is -0.496. The van der Waals surface area contributed by atoms with Gasteiger partial charge in [-0.1, -0.05) is 0 Å². The zero-order valence-electron chi connectivity index (χ0n) is 6.22. The summed E-state index contributed by atoms with van der Waals surface area (Å²) < 4.78 is 0.331. The normalized spacial score (nSPS) is 9.75. The summed E-state index contributed by atoms with van der Waals surface area (Å²) in [7, 11) is 0. The van der Waals surface area contributed by atoms with E-state index in [4.69, 9.17) is 5.11 Å². The van der Waals surface area contributed by atoms with E-state index in [1.165, 1.54) is 6.92 Å². The van der Waals surface area contributed by atoms with Crippen LogP contribution in [0.5, 0.6) is 5.75 Å². The van der Waals surface area contributed by atoms with Gasteiger partial charge in [0.25, 0.3) is 6.20 Å². The molecule has 0 spiro atoms. The van der Waals surface area contributed by atoms with Crippen molar-refractivity contribution in [2.75, 3.05) is 0 Å². The van der Waals surface area contributed by atoms with Gasteiger partial charge in [0.1, 0.15) is 0 Å². The van der Waals surface area contributed by atoms with Crippen molar-refractivity contribution in [2.45, 2.75) is 6.92 Å². The van der Waals surface area contributed by atoms with Gasteiger partial charge < -0.3 is 10.3 Å². The third-order valence-electron chi connectivity index (χ3n) is 1.39. The SMILES string of the molecule is Cc1cc(O)c([N+](=O)[O-])c[n+]1[O-]. The number of aryl methyl sites for hydroxylation is 1. The number of aromatic nitrogens is 1. The molecule has 0 fully saturated rings. The lowest BCUT2D eigenvalue weighted by molar-refractivity contribution is -0.616. The molecule has 0 aliphatic heterocycles. The molecule has 1 aromatic rings. The fourth-order valence-corrected chi connectivity index (χ4v) is 0.755. The number of nitrogens with zero attached hydrogens (tertiary/aromatic N) is 2. The summed E-state index contributed by atoms with van der Waals surface area (Å²) >= 11 is 0. The van der Waals surface area contributed by atoms with Crippen LogP contribution in [0.3, 0.4) is 0 Å². The van der Waals surface area contributed by atoms with Crippen LogP contribution in [0.4, 0.5) is 5.69 Å². The Bertz CT molecular complexity index is 337. The second-order valence-electron chi connectivity index (χ2n) is 2.27. The molecule has 1 N–H and O–H groups in total. The Morgan fingerprint density at radius 3 is 2.75 bits per heavy atom. The number of aromatic hydroxyl groups is 1. The number of rotatable bonds is 1. The first kappa shape index (κ1) is 8.25. The van der Waals surface area contributed by atoms with E-state index in [0.717, 1.165) is 12.3 Å². The van der Waals surface area contributed by atoms with Crippen molar-refractivity contribution in [2.24, 2.45) is 0 Å². The zero-order valence-corrected chi connectivity index (χ0v) is 6.22. The Morgan fingerprint density at radius 2 is 2.25 bits per heavy atom. The van der Waals surface area contributed by atoms with Crippen LogP contribution in [0.15, 0.2) is 12.3 Å².